The highest BCUT2D eigenvalue weighted by Crippen LogP contribution is 2.24. The first-order valence-electron chi connectivity index (χ1n) is 5.97. The van der Waals surface area contributed by atoms with Gasteiger partial charge in [-0.05, 0) is 37.8 Å². The lowest BCUT2D eigenvalue weighted by Gasteiger charge is -2.10. The van der Waals surface area contributed by atoms with Gasteiger partial charge in [0.15, 0.2) is 0 Å². The first-order valence-corrected chi connectivity index (χ1v) is 5.97. The molecule has 0 radical (unpaired) electrons. The fourth-order valence-corrected chi connectivity index (χ4v) is 1.87. The molecule has 0 unspecified atom stereocenters. The average Bonchev–Trinajstić information content (AvgIpc) is 2.25. The Morgan fingerprint density at radius 3 is 2.20 bits per heavy atom. The molecule has 0 nitrogen and oxygen atoms in total. The lowest BCUT2D eigenvalue weighted by molar-refractivity contribution is 0.734. The van der Waals surface area contributed by atoms with Gasteiger partial charge in [-0.25, -0.2) is 0 Å². The molecule has 0 aliphatic carbocycles. The molecule has 0 aromatic heterocycles. The molecule has 0 fully saturated rings. The van der Waals surface area contributed by atoms with Crippen LogP contribution in [0.4, 0.5) is 0 Å². The van der Waals surface area contributed by atoms with E-state index in [1.54, 1.807) is 0 Å². The molecule has 0 spiro atoms. The molecule has 15 heavy (non-hydrogen) atoms. The summed E-state index contributed by atoms with van der Waals surface area (Å²) in [7, 11) is 0. The molecule has 0 heterocycles. The molecular weight excluding hydrogens is 180 g/mol. The van der Waals surface area contributed by atoms with Crippen LogP contribution >= 0.6 is 0 Å². The van der Waals surface area contributed by atoms with Gasteiger partial charge < -0.3 is 0 Å². The van der Waals surface area contributed by atoms with Crippen LogP contribution in [0.3, 0.4) is 0 Å². The summed E-state index contributed by atoms with van der Waals surface area (Å²) in [6, 6.07) is 10.8. The maximum atomic E-state index is 2.25. The molecule has 0 aliphatic heterocycles. The number of rotatable bonds is 5. The lowest BCUT2D eigenvalue weighted by Crippen LogP contribution is -1.88. The van der Waals surface area contributed by atoms with Gasteiger partial charge in [-0.15, -0.1) is 0 Å². The largest absolute Gasteiger partial charge is 0.0726 e. The Morgan fingerprint density at radius 1 is 1.00 bits per heavy atom. The molecule has 1 rings (SSSR count). The van der Waals surface area contributed by atoms with Crippen molar-refractivity contribution >= 4 is 5.57 Å². The number of unbranched alkanes of at least 4 members (excludes halogenated alkanes) is 2. The van der Waals surface area contributed by atoms with Crippen LogP contribution in [0.1, 0.15) is 52.0 Å². The quantitative estimate of drug-likeness (QED) is 0.585. The molecular formula is C15H22. The van der Waals surface area contributed by atoms with E-state index in [2.05, 4.69) is 51.1 Å². The molecule has 0 bridgehead atoms. The van der Waals surface area contributed by atoms with E-state index in [0.717, 1.165) is 0 Å². The third-order valence-corrected chi connectivity index (χ3v) is 2.76. The summed E-state index contributed by atoms with van der Waals surface area (Å²) in [4.78, 5) is 0. The zero-order valence-corrected chi connectivity index (χ0v) is 10.2. The second-order valence-corrected chi connectivity index (χ2v) is 4.30. The SMILES string of the molecule is CCCCCC(=C(C)C)c1ccccc1. The highest BCUT2D eigenvalue weighted by atomic mass is 14.1. The Hall–Kier alpha value is -1.04. The van der Waals surface area contributed by atoms with Gasteiger partial charge in [0, 0.05) is 0 Å². The summed E-state index contributed by atoms with van der Waals surface area (Å²) in [5, 5.41) is 0. The zero-order valence-electron chi connectivity index (χ0n) is 10.2. The number of hydrogen-bond acceptors (Lipinski definition) is 0. The van der Waals surface area contributed by atoms with E-state index in [9.17, 15) is 0 Å². The van der Waals surface area contributed by atoms with Crippen molar-refractivity contribution in [3.05, 3.63) is 41.5 Å². The fourth-order valence-electron chi connectivity index (χ4n) is 1.87. The van der Waals surface area contributed by atoms with Gasteiger partial charge in [0.25, 0.3) is 0 Å². The van der Waals surface area contributed by atoms with Crippen molar-refractivity contribution in [1.29, 1.82) is 0 Å². The van der Waals surface area contributed by atoms with Gasteiger partial charge >= 0.3 is 0 Å². The van der Waals surface area contributed by atoms with Crippen LogP contribution in [0.2, 0.25) is 0 Å². The van der Waals surface area contributed by atoms with Gasteiger partial charge in [0.2, 0.25) is 0 Å². The first kappa shape index (κ1) is 12.0. The normalized spacial score (nSPS) is 10.1. The molecule has 82 valence electrons. The van der Waals surface area contributed by atoms with Gasteiger partial charge in [0.05, 0.1) is 0 Å². The van der Waals surface area contributed by atoms with Crippen LogP contribution in [0.15, 0.2) is 35.9 Å². The van der Waals surface area contributed by atoms with E-state index in [0.29, 0.717) is 0 Å². The van der Waals surface area contributed by atoms with Crippen LogP contribution in [0, 0.1) is 0 Å². The second-order valence-electron chi connectivity index (χ2n) is 4.30. The highest BCUT2D eigenvalue weighted by molar-refractivity contribution is 5.67. The van der Waals surface area contributed by atoms with Crippen LogP contribution < -0.4 is 0 Å². The first-order chi connectivity index (χ1) is 7.25. The minimum atomic E-state index is 1.22. The van der Waals surface area contributed by atoms with E-state index in [1.165, 1.54) is 42.4 Å². The highest BCUT2D eigenvalue weighted by Gasteiger charge is 2.02. The number of allylic oxidation sites excluding steroid dienone is 2. The van der Waals surface area contributed by atoms with Crippen molar-refractivity contribution in [3.8, 4) is 0 Å². The van der Waals surface area contributed by atoms with Gasteiger partial charge in [-0.1, -0.05) is 55.7 Å². The Morgan fingerprint density at radius 2 is 1.67 bits per heavy atom. The van der Waals surface area contributed by atoms with E-state index in [4.69, 9.17) is 0 Å². The molecule has 0 heteroatoms. The van der Waals surface area contributed by atoms with E-state index in [1.807, 2.05) is 0 Å². The second kappa shape index (κ2) is 6.44. The van der Waals surface area contributed by atoms with E-state index >= 15 is 0 Å². The van der Waals surface area contributed by atoms with Crippen molar-refractivity contribution in [2.75, 3.05) is 0 Å². The Bertz CT molecular complexity index is 302. The molecule has 1 aromatic carbocycles. The zero-order chi connectivity index (χ0) is 11.1. The minimum Gasteiger partial charge on any atom is -0.0726 e. The third kappa shape index (κ3) is 3.91. The predicted octanol–water partition coefficient (Wildman–Crippen LogP) is 5.06. The van der Waals surface area contributed by atoms with Gasteiger partial charge in [-0.3, -0.25) is 0 Å². The summed E-state index contributed by atoms with van der Waals surface area (Å²) in [5.41, 5.74) is 4.38. The van der Waals surface area contributed by atoms with Crippen molar-refractivity contribution in [3.63, 3.8) is 0 Å². The lowest BCUT2D eigenvalue weighted by atomic mass is 9.96. The summed E-state index contributed by atoms with van der Waals surface area (Å²) >= 11 is 0. The van der Waals surface area contributed by atoms with Crippen molar-refractivity contribution < 1.29 is 0 Å². The van der Waals surface area contributed by atoms with Crippen LogP contribution in [0.5, 0.6) is 0 Å². The molecule has 0 amide bonds. The van der Waals surface area contributed by atoms with Crippen LogP contribution in [0.25, 0.3) is 5.57 Å². The van der Waals surface area contributed by atoms with Crippen LogP contribution in [-0.2, 0) is 0 Å². The van der Waals surface area contributed by atoms with Crippen molar-refractivity contribution in [2.45, 2.75) is 46.5 Å². The molecule has 1 aromatic rings. The summed E-state index contributed by atoms with van der Waals surface area (Å²) in [5.74, 6) is 0. The monoisotopic (exact) mass is 202 g/mol. The maximum Gasteiger partial charge on any atom is -0.0225 e. The standard InChI is InChI=1S/C15H22/c1-4-5-7-12-15(13(2)3)14-10-8-6-9-11-14/h6,8-11H,4-5,7,12H2,1-3H3. The minimum absolute atomic E-state index is 1.22. The topological polar surface area (TPSA) is 0 Å². The van der Waals surface area contributed by atoms with Crippen LogP contribution in [-0.4, -0.2) is 0 Å². The van der Waals surface area contributed by atoms with Gasteiger partial charge in [-0.2, -0.15) is 0 Å². The molecule has 0 N–H and O–H groups in total. The predicted molar refractivity (Wildman–Crippen MR) is 68.9 cm³/mol. The summed E-state index contributed by atoms with van der Waals surface area (Å²) in [6.07, 6.45) is 5.17. The van der Waals surface area contributed by atoms with E-state index < -0.39 is 0 Å². The Balaban J connectivity index is 2.73. The van der Waals surface area contributed by atoms with Crippen molar-refractivity contribution in [2.24, 2.45) is 0 Å². The molecule has 0 aliphatic rings. The molecule has 0 atom stereocenters. The van der Waals surface area contributed by atoms with E-state index in [-0.39, 0.29) is 0 Å². The molecule has 0 saturated carbocycles. The number of hydrogen-bond donors (Lipinski definition) is 0. The smallest absolute Gasteiger partial charge is 0.0225 e. The molecule has 0 saturated heterocycles. The van der Waals surface area contributed by atoms with Gasteiger partial charge in [0.1, 0.15) is 0 Å². The Labute approximate surface area is 94.0 Å². The average molecular weight is 202 g/mol. The summed E-state index contributed by atoms with van der Waals surface area (Å²) in [6.45, 7) is 6.69. The summed E-state index contributed by atoms with van der Waals surface area (Å²) < 4.78 is 0. The maximum absolute atomic E-state index is 2.25. The fraction of sp³-hybridized carbons (Fsp3) is 0.467. The number of benzene rings is 1. The Kier molecular flexibility index (Phi) is 5.17. The third-order valence-electron chi connectivity index (χ3n) is 2.76. The van der Waals surface area contributed by atoms with Crippen molar-refractivity contribution in [1.82, 2.24) is 0 Å².